The molecule has 1 aromatic heterocycles. The number of carbonyl (C=O) groups is 3. The van der Waals surface area contributed by atoms with Gasteiger partial charge in [-0.3, -0.25) is 19.1 Å². The predicted molar refractivity (Wildman–Crippen MR) is 192 cm³/mol. The molecule has 1 saturated heterocycles. The van der Waals surface area contributed by atoms with Crippen LogP contribution in [0.2, 0.25) is 0 Å². The summed E-state index contributed by atoms with van der Waals surface area (Å²) in [5, 5.41) is 14.5. The van der Waals surface area contributed by atoms with Crippen molar-refractivity contribution in [1.82, 2.24) is 19.9 Å². The van der Waals surface area contributed by atoms with Crippen molar-refractivity contribution < 1.29 is 42.1 Å². The highest BCUT2D eigenvalue weighted by atomic mass is 32.2. The van der Waals surface area contributed by atoms with Crippen LogP contribution in [0.3, 0.4) is 0 Å². The number of aliphatic hydroxyl groups is 1. The molecule has 1 aliphatic heterocycles. The Hall–Kier alpha value is -4.17. The number of nitrogens with zero attached hydrogens (tertiary/aromatic N) is 2. The summed E-state index contributed by atoms with van der Waals surface area (Å²) in [4.78, 5) is 47.6. The second-order valence-electron chi connectivity index (χ2n) is 14.9. The van der Waals surface area contributed by atoms with Crippen LogP contribution >= 0.6 is 0 Å². The highest BCUT2D eigenvalue weighted by Gasteiger charge is 2.63. The maximum Gasteiger partial charge on any atom is 0.259 e. The number of allylic oxidation sites excluding steroid dienone is 1. The lowest BCUT2D eigenvalue weighted by Gasteiger charge is -2.32. The van der Waals surface area contributed by atoms with Gasteiger partial charge in [0.1, 0.15) is 35.3 Å². The minimum atomic E-state index is -4.05. The molecule has 3 amide bonds. The summed E-state index contributed by atoms with van der Waals surface area (Å²) in [7, 11) is -2.48. The fraction of sp³-hybridized carbons (Fsp3) is 0.568. The van der Waals surface area contributed by atoms with Gasteiger partial charge in [-0.15, -0.1) is 13.2 Å². The van der Waals surface area contributed by atoms with E-state index in [4.69, 9.17) is 14.2 Å². The number of sulfonamides is 1. The van der Waals surface area contributed by atoms with Crippen molar-refractivity contribution in [3.05, 3.63) is 49.1 Å². The summed E-state index contributed by atoms with van der Waals surface area (Å²) in [6.07, 6.45) is 2.84. The maximum absolute atomic E-state index is 14.2. The number of nitrogens with one attached hydrogen (secondary N) is 2. The van der Waals surface area contributed by atoms with Gasteiger partial charge in [-0.05, 0) is 63.5 Å². The van der Waals surface area contributed by atoms with Gasteiger partial charge in [0.25, 0.3) is 11.8 Å². The number of amides is 3. The second kappa shape index (κ2) is 14.1. The van der Waals surface area contributed by atoms with Crippen LogP contribution in [-0.2, 0) is 24.4 Å². The molecule has 278 valence electrons. The van der Waals surface area contributed by atoms with Gasteiger partial charge in [0.15, 0.2) is 0 Å². The van der Waals surface area contributed by atoms with Crippen molar-refractivity contribution in [2.45, 2.75) is 102 Å². The van der Waals surface area contributed by atoms with Gasteiger partial charge in [-0.25, -0.2) is 13.4 Å². The number of pyridine rings is 1. The van der Waals surface area contributed by atoms with Gasteiger partial charge in [-0.1, -0.05) is 32.9 Å². The van der Waals surface area contributed by atoms with Crippen molar-refractivity contribution in [3.63, 3.8) is 0 Å². The number of methoxy groups -OCH3 is 1. The van der Waals surface area contributed by atoms with Crippen LogP contribution < -0.4 is 24.2 Å². The number of aryl methyl sites for hydroxylation is 1. The summed E-state index contributed by atoms with van der Waals surface area (Å²) in [6.45, 7) is 16.6. The number of likely N-dealkylation sites (tertiary alicyclic amines) is 1. The van der Waals surface area contributed by atoms with E-state index >= 15 is 0 Å². The number of aliphatic hydroxyl groups excluding tert-OH is 1. The lowest BCUT2D eigenvalue weighted by molar-refractivity contribution is -0.150. The molecule has 2 aliphatic carbocycles. The van der Waals surface area contributed by atoms with E-state index < -0.39 is 67.6 Å². The first kappa shape index (κ1) is 38.1. The topological polar surface area (TPSA) is 173 Å². The molecular formula is C37H50N4O9S. The third-order valence-electron chi connectivity index (χ3n) is 10.3. The van der Waals surface area contributed by atoms with Gasteiger partial charge in [0, 0.05) is 29.4 Å². The van der Waals surface area contributed by atoms with Crippen molar-refractivity contribution in [1.29, 1.82) is 0 Å². The Bertz CT molecular complexity index is 1830. The molecule has 0 spiro atoms. The molecule has 1 aromatic carbocycles. The van der Waals surface area contributed by atoms with Crippen LogP contribution in [0, 0.1) is 18.3 Å². The zero-order valence-corrected chi connectivity index (χ0v) is 31.1. The predicted octanol–water partition coefficient (Wildman–Crippen LogP) is 3.71. The number of carbonyl (C=O) groups excluding carboxylic acids is 3. The highest BCUT2D eigenvalue weighted by Crippen LogP contribution is 2.49. The average molecular weight is 727 g/mol. The SMILES string of the molecule is C=CCCC1(S(=O)(=O)NC(=O)[C@@]2(NC(=O)[C@H]3C[C@@H](Oc4cc(OCC)nc5c(C)c(OC)ccc45)CN3C(=O)[C@@H](O)C(C)(C)C)C[C@H]2C=C)CC1. The first-order chi connectivity index (χ1) is 24.0. The summed E-state index contributed by atoms with van der Waals surface area (Å²) in [5.74, 6) is -1.34. The first-order valence-electron chi connectivity index (χ1n) is 17.4. The van der Waals surface area contributed by atoms with Crippen molar-refractivity contribution in [2.75, 3.05) is 20.3 Å². The molecule has 51 heavy (non-hydrogen) atoms. The molecule has 13 nitrogen and oxygen atoms in total. The lowest BCUT2D eigenvalue weighted by atomic mass is 9.88. The molecule has 3 fully saturated rings. The molecule has 0 radical (unpaired) electrons. The third-order valence-corrected chi connectivity index (χ3v) is 12.5. The molecule has 3 N–H and O–H groups in total. The molecule has 3 aliphatic rings. The van der Waals surface area contributed by atoms with E-state index in [9.17, 15) is 27.9 Å². The Labute approximate surface area is 299 Å². The highest BCUT2D eigenvalue weighted by molar-refractivity contribution is 7.91. The Balaban J connectivity index is 1.43. The largest absolute Gasteiger partial charge is 0.496 e. The molecule has 2 saturated carbocycles. The third kappa shape index (κ3) is 7.30. The van der Waals surface area contributed by atoms with Crippen LogP contribution in [0.5, 0.6) is 17.4 Å². The van der Waals surface area contributed by atoms with Crippen molar-refractivity contribution in [2.24, 2.45) is 11.3 Å². The molecule has 0 bridgehead atoms. The zero-order valence-electron chi connectivity index (χ0n) is 30.3. The zero-order chi connectivity index (χ0) is 37.5. The molecule has 0 unspecified atom stereocenters. The minimum Gasteiger partial charge on any atom is -0.496 e. The summed E-state index contributed by atoms with van der Waals surface area (Å²) >= 11 is 0. The quantitative estimate of drug-likeness (QED) is 0.230. The van der Waals surface area contributed by atoms with E-state index in [0.29, 0.717) is 60.6 Å². The molecule has 2 aromatic rings. The number of benzene rings is 1. The fourth-order valence-corrected chi connectivity index (χ4v) is 8.46. The summed E-state index contributed by atoms with van der Waals surface area (Å²) in [6, 6.07) is 4.12. The molecular weight excluding hydrogens is 676 g/mol. The average Bonchev–Trinajstić information content (AvgIpc) is 3.98. The van der Waals surface area contributed by atoms with Crippen molar-refractivity contribution >= 4 is 38.6 Å². The maximum atomic E-state index is 14.2. The Kier molecular flexibility index (Phi) is 10.5. The van der Waals surface area contributed by atoms with E-state index in [2.05, 4.69) is 28.2 Å². The number of hydrogen-bond donors (Lipinski definition) is 3. The second-order valence-corrected chi connectivity index (χ2v) is 17.0. The van der Waals surface area contributed by atoms with Crippen LogP contribution in [0.1, 0.15) is 71.8 Å². The Morgan fingerprint density at radius 2 is 1.90 bits per heavy atom. The van der Waals surface area contributed by atoms with E-state index in [0.717, 1.165) is 5.56 Å². The van der Waals surface area contributed by atoms with E-state index in [1.54, 1.807) is 46.1 Å². The van der Waals surface area contributed by atoms with E-state index in [1.165, 1.54) is 11.0 Å². The Morgan fingerprint density at radius 1 is 1.20 bits per heavy atom. The van der Waals surface area contributed by atoms with Crippen LogP contribution in [-0.4, -0.2) is 89.9 Å². The number of hydrogen-bond acceptors (Lipinski definition) is 10. The fourth-order valence-electron chi connectivity index (χ4n) is 6.80. The summed E-state index contributed by atoms with van der Waals surface area (Å²) in [5.41, 5.74) is -1.04. The number of aromatic nitrogens is 1. The van der Waals surface area contributed by atoms with Gasteiger partial charge < -0.3 is 29.5 Å². The van der Waals surface area contributed by atoms with Crippen LogP contribution in [0.4, 0.5) is 0 Å². The van der Waals surface area contributed by atoms with Crippen molar-refractivity contribution in [3.8, 4) is 17.4 Å². The smallest absolute Gasteiger partial charge is 0.259 e. The minimum absolute atomic E-state index is 0.0246. The summed E-state index contributed by atoms with van der Waals surface area (Å²) < 4.78 is 45.7. The number of rotatable bonds is 15. The number of ether oxygens (including phenoxy) is 3. The van der Waals surface area contributed by atoms with Gasteiger partial charge in [0.05, 0.1) is 30.5 Å². The molecule has 5 rings (SSSR count). The van der Waals surface area contributed by atoms with Gasteiger partial charge in [-0.2, -0.15) is 0 Å². The lowest BCUT2D eigenvalue weighted by Crippen LogP contribution is -2.58. The van der Waals surface area contributed by atoms with E-state index in [1.807, 2.05) is 19.9 Å². The van der Waals surface area contributed by atoms with Crippen LogP contribution in [0.15, 0.2) is 43.5 Å². The van der Waals surface area contributed by atoms with E-state index in [-0.39, 0.29) is 19.4 Å². The van der Waals surface area contributed by atoms with Gasteiger partial charge >= 0.3 is 0 Å². The molecule has 2 heterocycles. The molecule has 5 atom stereocenters. The standard InChI is InChI=1S/C37H50N4O9S/c1-9-12-15-36(16-17-36)51(46,47)40-34(45)37(20-23(37)10-2)39-32(43)26-18-24(21-41(26)33(44)31(42)35(5,6)7)50-28-19-29(49-11-3)38-30-22(4)27(48-8)14-13-25(28)30/h9-10,13-14,19,23-24,26,31,42H,1-2,11-12,15-18,20-21H2,3-8H3,(H,39,43)(H,40,45)/t23-,24-,26-,31-,37-/m1/s1. The molecule has 14 heteroatoms. The normalized spacial score (nSPS) is 24.3. The van der Waals surface area contributed by atoms with Crippen LogP contribution in [0.25, 0.3) is 10.9 Å². The number of fused-ring (bicyclic) bond motifs is 1. The first-order valence-corrected chi connectivity index (χ1v) is 18.8. The van der Waals surface area contributed by atoms with Gasteiger partial charge in [0.2, 0.25) is 21.8 Å². The monoisotopic (exact) mass is 726 g/mol. The Morgan fingerprint density at radius 3 is 2.47 bits per heavy atom.